The molecule has 3 heterocycles. The number of cyclic esters (lactones) is 1. The lowest BCUT2D eigenvalue weighted by Gasteiger charge is -2.39. The maximum absolute atomic E-state index is 13.8. The lowest BCUT2D eigenvalue weighted by Crippen LogP contribution is -2.49. The van der Waals surface area contributed by atoms with Crippen LogP contribution in [0.3, 0.4) is 0 Å². The van der Waals surface area contributed by atoms with Gasteiger partial charge < -0.3 is 19.3 Å². The summed E-state index contributed by atoms with van der Waals surface area (Å²) in [6, 6.07) is 0. The van der Waals surface area contributed by atoms with Crippen LogP contribution in [0.15, 0.2) is 11.0 Å². The van der Waals surface area contributed by atoms with Crippen molar-refractivity contribution in [2.24, 2.45) is 17.3 Å². The van der Waals surface area contributed by atoms with Gasteiger partial charge in [-0.3, -0.25) is 9.59 Å². The highest BCUT2D eigenvalue weighted by molar-refractivity contribution is 7.09. The summed E-state index contributed by atoms with van der Waals surface area (Å²) in [4.78, 5) is 31.8. The van der Waals surface area contributed by atoms with Crippen molar-refractivity contribution in [3.8, 4) is 0 Å². The van der Waals surface area contributed by atoms with Crippen molar-refractivity contribution >= 4 is 29.2 Å². The van der Waals surface area contributed by atoms with Crippen LogP contribution >= 0.6 is 11.3 Å². The Hall–Kier alpha value is -1.61. The van der Waals surface area contributed by atoms with E-state index in [9.17, 15) is 14.7 Å². The SMILES string of the molecule is C/C(=C\c1csc(C)n1)[C@@H]1C[C@@H]2O[C@]2(C)CCC[C@@H](C)[C@@H](O)[C@H](C)C(=O)C(C)(C)[C@@H](OC(C)(C)C)CC(=O)O1. The van der Waals surface area contributed by atoms with E-state index in [4.69, 9.17) is 14.2 Å². The van der Waals surface area contributed by atoms with E-state index >= 15 is 0 Å². The second-order valence-corrected chi connectivity index (χ2v) is 14.5. The highest BCUT2D eigenvalue weighted by Gasteiger charge is 2.53. The number of nitrogens with zero attached hydrogens (tertiary/aromatic N) is 1. The summed E-state index contributed by atoms with van der Waals surface area (Å²) < 4.78 is 18.6. The van der Waals surface area contributed by atoms with Gasteiger partial charge in [0.1, 0.15) is 11.9 Å². The zero-order chi connectivity index (χ0) is 29.3. The van der Waals surface area contributed by atoms with Crippen LogP contribution in [0.2, 0.25) is 0 Å². The van der Waals surface area contributed by atoms with E-state index in [1.54, 1.807) is 18.3 Å². The van der Waals surface area contributed by atoms with Crippen LogP contribution in [0.4, 0.5) is 0 Å². The normalized spacial score (nSPS) is 35.3. The standard InChI is InChI=1S/C31H49NO6S/c1-18-12-11-13-31(10)25(38-31)15-23(19(2)14-22-17-39-21(4)32-22)36-26(33)16-24(37-29(5,6)7)30(8,9)28(35)20(3)27(18)34/h14,17-18,20,23-25,27,34H,11-13,15-16H2,1-10H3/b19-14+/t18-,20+,23+,24+,25+,27-,31-/m1/s1. The Kier molecular flexibility index (Phi) is 9.90. The highest BCUT2D eigenvalue weighted by Crippen LogP contribution is 2.45. The molecule has 2 aliphatic rings. The second kappa shape index (κ2) is 12.1. The molecule has 2 aliphatic heterocycles. The maximum Gasteiger partial charge on any atom is 0.309 e. The minimum atomic E-state index is -1.01. The topological polar surface area (TPSA) is 98.3 Å². The molecule has 0 aliphatic carbocycles. The first-order chi connectivity index (χ1) is 17.9. The van der Waals surface area contributed by atoms with Crippen molar-refractivity contribution in [1.29, 1.82) is 0 Å². The maximum atomic E-state index is 13.8. The fourth-order valence-electron chi connectivity index (χ4n) is 5.67. The molecule has 8 heteroatoms. The number of fused-ring (bicyclic) bond motifs is 1. The number of rotatable bonds is 3. The molecule has 2 saturated heterocycles. The van der Waals surface area contributed by atoms with Gasteiger partial charge in [0.05, 0.1) is 52.1 Å². The fourth-order valence-corrected chi connectivity index (χ4v) is 6.24. The van der Waals surface area contributed by atoms with Gasteiger partial charge >= 0.3 is 5.97 Å². The van der Waals surface area contributed by atoms with Gasteiger partial charge in [-0.05, 0) is 72.0 Å². The predicted molar refractivity (Wildman–Crippen MR) is 154 cm³/mol. The molecule has 39 heavy (non-hydrogen) atoms. The molecule has 1 aromatic heterocycles. The quantitative estimate of drug-likeness (QED) is 0.340. The molecule has 3 rings (SSSR count). The van der Waals surface area contributed by atoms with E-state index in [2.05, 4.69) is 11.9 Å². The number of ketones is 1. The molecule has 0 spiro atoms. The molecule has 2 fully saturated rings. The molecule has 0 saturated carbocycles. The Morgan fingerprint density at radius 2 is 1.90 bits per heavy atom. The first kappa shape index (κ1) is 31.9. The number of thiazole rings is 1. The third-order valence-corrected chi connectivity index (χ3v) is 9.18. The number of aliphatic hydroxyl groups is 1. The van der Waals surface area contributed by atoms with Crippen molar-refractivity contribution < 1.29 is 28.9 Å². The number of Topliss-reactive ketones (excluding diaryl/α,β-unsaturated/α-hetero) is 1. The number of aryl methyl sites for hydroxylation is 1. The third-order valence-electron chi connectivity index (χ3n) is 8.39. The van der Waals surface area contributed by atoms with Gasteiger partial charge in [-0.15, -0.1) is 11.3 Å². The Labute approximate surface area is 238 Å². The van der Waals surface area contributed by atoms with Crippen LogP contribution in [0, 0.1) is 24.2 Å². The molecule has 1 N–H and O–H groups in total. The van der Waals surface area contributed by atoms with Gasteiger partial charge in [-0.2, -0.15) is 0 Å². The molecular formula is C31H49NO6S. The molecule has 1 aromatic rings. The van der Waals surface area contributed by atoms with Gasteiger partial charge in [0.25, 0.3) is 0 Å². The first-order valence-corrected chi connectivity index (χ1v) is 15.2. The van der Waals surface area contributed by atoms with E-state index in [1.165, 1.54) is 0 Å². The first-order valence-electron chi connectivity index (χ1n) is 14.3. The van der Waals surface area contributed by atoms with Crippen LogP contribution in [0.25, 0.3) is 6.08 Å². The van der Waals surface area contributed by atoms with Crippen molar-refractivity contribution in [1.82, 2.24) is 4.98 Å². The van der Waals surface area contributed by atoms with Crippen LogP contribution < -0.4 is 0 Å². The summed E-state index contributed by atoms with van der Waals surface area (Å²) in [6.45, 7) is 19.2. The molecule has 7 atom stereocenters. The number of aromatic nitrogens is 1. The zero-order valence-electron chi connectivity index (χ0n) is 25.5. The van der Waals surface area contributed by atoms with E-state index in [0.717, 1.165) is 35.5 Å². The summed E-state index contributed by atoms with van der Waals surface area (Å²) >= 11 is 1.58. The van der Waals surface area contributed by atoms with Gasteiger partial charge in [0.15, 0.2) is 0 Å². The minimum Gasteiger partial charge on any atom is -0.458 e. The zero-order valence-corrected chi connectivity index (χ0v) is 26.3. The van der Waals surface area contributed by atoms with Crippen molar-refractivity contribution in [2.75, 3.05) is 0 Å². The highest BCUT2D eigenvalue weighted by atomic mass is 32.1. The largest absolute Gasteiger partial charge is 0.458 e. The summed E-state index contributed by atoms with van der Waals surface area (Å²) in [7, 11) is 0. The van der Waals surface area contributed by atoms with Gasteiger partial charge in [0.2, 0.25) is 0 Å². The predicted octanol–water partition coefficient (Wildman–Crippen LogP) is 6.30. The van der Waals surface area contributed by atoms with E-state index in [1.807, 2.05) is 66.8 Å². The minimum absolute atomic E-state index is 0.0254. The molecule has 0 radical (unpaired) electrons. The average Bonchev–Trinajstić information content (AvgIpc) is 3.26. The molecular weight excluding hydrogens is 514 g/mol. The number of carbonyl (C=O) groups is 2. The van der Waals surface area contributed by atoms with Gasteiger partial charge in [-0.25, -0.2) is 4.98 Å². The van der Waals surface area contributed by atoms with E-state index in [-0.39, 0.29) is 29.8 Å². The van der Waals surface area contributed by atoms with Crippen molar-refractivity contribution in [2.45, 2.75) is 137 Å². The summed E-state index contributed by atoms with van der Waals surface area (Å²) in [6.07, 6.45) is 2.98. The summed E-state index contributed by atoms with van der Waals surface area (Å²) in [5.41, 5.74) is -0.132. The number of carbonyl (C=O) groups excluding carboxylic acids is 2. The van der Waals surface area contributed by atoms with Crippen LogP contribution in [-0.2, 0) is 23.8 Å². The Morgan fingerprint density at radius 1 is 1.23 bits per heavy atom. The Balaban J connectivity index is 1.95. The molecule has 0 aromatic carbocycles. The fraction of sp³-hybridized carbons (Fsp3) is 0.774. The smallest absolute Gasteiger partial charge is 0.309 e. The van der Waals surface area contributed by atoms with Crippen LogP contribution in [-0.4, -0.2) is 57.5 Å². The average molecular weight is 564 g/mol. The van der Waals surface area contributed by atoms with Crippen molar-refractivity contribution in [3.63, 3.8) is 0 Å². The summed E-state index contributed by atoms with van der Waals surface area (Å²) in [5.74, 6) is -1.17. The third kappa shape index (κ3) is 8.21. The van der Waals surface area contributed by atoms with Gasteiger partial charge in [0, 0.05) is 17.7 Å². The lowest BCUT2D eigenvalue weighted by atomic mass is 9.72. The molecule has 0 bridgehead atoms. The summed E-state index contributed by atoms with van der Waals surface area (Å²) in [5, 5.41) is 14.1. The molecule has 220 valence electrons. The van der Waals surface area contributed by atoms with E-state index < -0.39 is 41.2 Å². The lowest BCUT2D eigenvalue weighted by molar-refractivity contribution is -0.167. The van der Waals surface area contributed by atoms with Crippen molar-refractivity contribution in [3.05, 3.63) is 21.7 Å². The van der Waals surface area contributed by atoms with Gasteiger partial charge in [-0.1, -0.05) is 34.1 Å². The second-order valence-electron chi connectivity index (χ2n) is 13.5. The van der Waals surface area contributed by atoms with Crippen LogP contribution in [0.1, 0.15) is 105 Å². The van der Waals surface area contributed by atoms with E-state index in [0.29, 0.717) is 6.42 Å². The number of aliphatic hydroxyl groups excluding tert-OH is 1. The number of hydrogen-bond acceptors (Lipinski definition) is 8. The number of hydrogen-bond donors (Lipinski definition) is 1. The van der Waals surface area contributed by atoms with Crippen LogP contribution in [0.5, 0.6) is 0 Å². The Morgan fingerprint density at radius 3 is 2.49 bits per heavy atom. The number of esters is 1. The molecule has 0 amide bonds. The number of epoxide rings is 1. The molecule has 0 unspecified atom stereocenters. The Bertz CT molecular complexity index is 1060. The monoisotopic (exact) mass is 563 g/mol. The molecule has 7 nitrogen and oxygen atoms in total. The number of ether oxygens (including phenoxy) is 3.